The predicted octanol–water partition coefficient (Wildman–Crippen LogP) is 3.39. The molecule has 4 N–H and O–H groups in total. The zero-order valence-corrected chi connectivity index (χ0v) is 15.3. The molecule has 0 bridgehead atoms. The van der Waals surface area contributed by atoms with Crippen LogP contribution in [0.25, 0.3) is 0 Å². The Morgan fingerprint density at radius 3 is 2.52 bits per heavy atom. The molecule has 0 radical (unpaired) electrons. The minimum absolute atomic E-state index is 0.190. The van der Waals surface area contributed by atoms with Crippen molar-refractivity contribution in [3.05, 3.63) is 24.3 Å². The molecule has 3 atom stereocenters. The lowest BCUT2D eigenvalue weighted by atomic mass is 9.90. The molecule has 0 unspecified atom stereocenters. The summed E-state index contributed by atoms with van der Waals surface area (Å²) in [6, 6.07) is 0. The van der Waals surface area contributed by atoms with E-state index in [0.29, 0.717) is 5.92 Å². The van der Waals surface area contributed by atoms with Gasteiger partial charge in [0.05, 0.1) is 6.10 Å². The number of aliphatic carboxylic acids is 1. The molecule has 0 spiro atoms. The van der Waals surface area contributed by atoms with E-state index in [4.69, 9.17) is 5.11 Å². The molecule has 0 aromatic heterocycles. The van der Waals surface area contributed by atoms with Crippen LogP contribution in [0.3, 0.4) is 0 Å². The third kappa shape index (κ3) is 8.17. The molecule has 0 amide bonds. The normalized spacial score (nSPS) is 24.6. The van der Waals surface area contributed by atoms with Crippen LogP contribution in [0.1, 0.15) is 71.1 Å². The largest absolute Gasteiger partial charge is 0.477 e. The number of aliphatic hydroxyl groups is 3. The van der Waals surface area contributed by atoms with Crippen LogP contribution in [-0.2, 0) is 4.79 Å². The Labute approximate surface area is 151 Å². The number of carboxylic acids is 1. The lowest BCUT2D eigenvalue weighted by Crippen LogP contribution is -2.37. The van der Waals surface area contributed by atoms with Crippen LogP contribution in [0.4, 0.5) is 0 Å². The van der Waals surface area contributed by atoms with Crippen molar-refractivity contribution in [1.29, 1.82) is 0 Å². The highest BCUT2D eigenvalue weighted by Crippen LogP contribution is 2.36. The maximum Gasteiger partial charge on any atom is 0.364 e. The highest BCUT2D eigenvalue weighted by molar-refractivity contribution is 5.74. The molecule has 1 fully saturated rings. The molecule has 5 heteroatoms. The molecular weight excluding hydrogens is 320 g/mol. The van der Waals surface area contributed by atoms with Crippen LogP contribution >= 0.6 is 0 Å². The van der Waals surface area contributed by atoms with Crippen LogP contribution in [-0.4, -0.2) is 38.3 Å². The van der Waals surface area contributed by atoms with Gasteiger partial charge in [-0.3, -0.25) is 0 Å². The zero-order valence-electron chi connectivity index (χ0n) is 15.3. The second-order valence-electron chi connectivity index (χ2n) is 7.12. The highest BCUT2D eigenvalue weighted by Gasteiger charge is 2.33. The van der Waals surface area contributed by atoms with E-state index in [9.17, 15) is 20.1 Å². The first-order valence-electron chi connectivity index (χ1n) is 9.56. The molecule has 0 aliphatic heterocycles. The summed E-state index contributed by atoms with van der Waals surface area (Å²) in [6.07, 6.45) is 16.6. The lowest BCUT2D eigenvalue weighted by Gasteiger charge is -2.18. The predicted molar refractivity (Wildman–Crippen MR) is 97.9 cm³/mol. The lowest BCUT2D eigenvalue weighted by molar-refractivity contribution is -0.205. The van der Waals surface area contributed by atoms with Crippen molar-refractivity contribution >= 4 is 5.97 Å². The van der Waals surface area contributed by atoms with Crippen molar-refractivity contribution in [3.63, 3.8) is 0 Å². The first kappa shape index (κ1) is 21.9. The summed E-state index contributed by atoms with van der Waals surface area (Å²) in [7, 11) is 0. The second-order valence-corrected chi connectivity index (χ2v) is 7.12. The van der Waals surface area contributed by atoms with Crippen molar-refractivity contribution in [3.8, 4) is 0 Å². The van der Waals surface area contributed by atoms with Gasteiger partial charge in [0.25, 0.3) is 5.79 Å². The first-order valence-corrected chi connectivity index (χ1v) is 9.56. The van der Waals surface area contributed by atoms with Crippen LogP contribution in [0.15, 0.2) is 24.3 Å². The summed E-state index contributed by atoms with van der Waals surface area (Å²) in [4.78, 5) is 10.6. The summed E-state index contributed by atoms with van der Waals surface area (Å²) in [5, 5.41) is 37.3. The van der Waals surface area contributed by atoms with E-state index in [0.717, 1.165) is 25.7 Å². The van der Waals surface area contributed by atoms with Gasteiger partial charge in [-0.2, -0.15) is 0 Å². The van der Waals surface area contributed by atoms with Gasteiger partial charge >= 0.3 is 5.97 Å². The van der Waals surface area contributed by atoms with E-state index in [1.54, 1.807) is 6.08 Å². The number of rotatable bonds is 12. The number of allylic oxidation sites excluding steroid dienone is 4. The molecule has 25 heavy (non-hydrogen) atoms. The summed E-state index contributed by atoms with van der Waals surface area (Å²) in [5.41, 5.74) is 0. The van der Waals surface area contributed by atoms with Crippen LogP contribution in [0, 0.1) is 11.8 Å². The molecular formula is C20H34O5. The molecule has 0 aromatic rings. The Morgan fingerprint density at radius 2 is 1.84 bits per heavy atom. The molecule has 0 aromatic carbocycles. The van der Waals surface area contributed by atoms with Gasteiger partial charge in [0.1, 0.15) is 0 Å². The second kappa shape index (κ2) is 11.4. The van der Waals surface area contributed by atoms with Crippen LogP contribution in [0.5, 0.6) is 0 Å². The monoisotopic (exact) mass is 354 g/mol. The van der Waals surface area contributed by atoms with Crippen LogP contribution in [0.2, 0.25) is 0 Å². The van der Waals surface area contributed by atoms with Gasteiger partial charge < -0.3 is 20.4 Å². The van der Waals surface area contributed by atoms with E-state index in [-0.39, 0.29) is 24.9 Å². The fraction of sp³-hybridized carbons (Fsp3) is 0.750. The number of hydrogen-bond acceptors (Lipinski definition) is 4. The molecule has 1 aliphatic rings. The van der Waals surface area contributed by atoms with E-state index in [1.165, 1.54) is 25.7 Å². The fourth-order valence-corrected chi connectivity index (χ4v) is 3.37. The number of unbranched alkanes of at least 4 members (excludes halogenated alkanes) is 4. The van der Waals surface area contributed by atoms with Gasteiger partial charge in [0.2, 0.25) is 0 Å². The maximum absolute atomic E-state index is 10.6. The Morgan fingerprint density at radius 1 is 1.08 bits per heavy atom. The zero-order chi connectivity index (χ0) is 18.7. The standard InChI is InChI=1S/C20H34O5/c1-2-3-4-5-6-8-11-16-13-14-18(21)17(16)12-9-7-10-15-20(24,25)19(22)23/h7-9,11,16-18,21,24-25H,2-6,10,12-15H2,1H3,(H,22,23)/t16-,17+,18-/m0/s1. The van der Waals surface area contributed by atoms with E-state index < -0.39 is 11.8 Å². The van der Waals surface area contributed by atoms with Gasteiger partial charge in [-0.25, -0.2) is 4.79 Å². The Kier molecular flexibility index (Phi) is 10.0. The van der Waals surface area contributed by atoms with E-state index in [2.05, 4.69) is 19.1 Å². The molecule has 5 nitrogen and oxygen atoms in total. The van der Waals surface area contributed by atoms with E-state index >= 15 is 0 Å². The SMILES string of the molecule is CCCCCCC=C[C@H]1CC[C@H](O)[C@@H]1CC=CCCC(O)(O)C(=O)O. The third-order valence-corrected chi connectivity index (χ3v) is 5.02. The molecule has 1 aliphatic carbocycles. The molecule has 1 saturated carbocycles. The Bertz CT molecular complexity index is 441. The minimum Gasteiger partial charge on any atom is -0.477 e. The number of carboxylic acid groups (broad SMARTS) is 1. The number of carbonyl (C=O) groups is 1. The molecule has 0 heterocycles. The van der Waals surface area contributed by atoms with Crippen molar-refractivity contribution in [1.82, 2.24) is 0 Å². The summed E-state index contributed by atoms with van der Waals surface area (Å²) < 4.78 is 0. The summed E-state index contributed by atoms with van der Waals surface area (Å²) in [5.74, 6) is -3.72. The van der Waals surface area contributed by atoms with Crippen molar-refractivity contribution in [2.75, 3.05) is 0 Å². The smallest absolute Gasteiger partial charge is 0.364 e. The van der Waals surface area contributed by atoms with Gasteiger partial charge in [0.15, 0.2) is 0 Å². The van der Waals surface area contributed by atoms with E-state index in [1.807, 2.05) is 6.08 Å². The van der Waals surface area contributed by atoms with Crippen LogP contribution < -0.4 is 0 Å². The fourth-order valence-electron chi connectivity index (χ4n) is 3.37. The average molecular weight is 354 g/mol. The molecule has 144 valence electrons. The topological polar surface area (TPSA) is 98.0 Å². The van der Waals surface area contributed by atoms with Crippen molar-refractivity contribution in [2.24, 2.45) is 11.8 Å². The van der Waals surface area contributed by atoms with Gasteiger partial charge in [-0.15, -0.1) is 0 Å². The minimum atomic E-state index is -2.67. The maximum atomic E-state index is 10.6. The van der Waals surface area contributed by atoms with Crippen molar-refractivity contribution < 1.29 is 25.2 Å². The quantitative estimate of drug-likeness (QED) is 0.245. The number of aliphatic hydroxyl groups excluding tert-OH is 1. The molecule has 1 rings (SSSR count). The third-order valence-electron chi connectivity index (χ3n) is 5.02. The van der Waals surface area contributed by atoms with Crippen molar-refractivity contribution in [2.45, 2.75) is 83.0 Å². The first-order chi connectivity index (χ1) is 11.9. The Balaban J connectivity index is 2.35. The summed E-state index contributed by atoms with van der Waals surface area (Å²) in [6.45, 7) is 2.20. The molecule has 0 saturated heterocycles. The van der Waals surface area contributed by atoms with Gasteiger partial charge in [-0.1, -0.05) is 50.5 Å². The summed E-state index contributed by atoms with van der Waals surface area (Å²) >= 11 is 0. The van der Waals surface area contributed by atoms with Gasteiger partial charge in [0, 0.05) is 6.42 Å². The Hall–Kier alpha value is -1.17. The number of hydrogen-bond donors (Lipinski definition) is 4. The average Bonchev–Trinajstić information content (AvgIpc) is 2.90. The van der Waals surface area contributed by atoms with Gasteiger partial charge in [-0.05, 0) is 50.4 Å². The highest BCUT2D eigenvalue weighted by atomic mass is 16.5.